The first-order chi connectivity index (χ1) is 17.2. The topological polar surface area (TPSA) is 127 Å². The number of hydrogen-bond donors (Lipinski definition) is 3. The number of aromatic nitrogens is 2. The Morgan fingerprint density at radius 2 is 1.97 bits per heavy atom. The molecule has 1 aliphatic heterocycles. The number of rotatable bonds is 4. The molecule has 1 unspecified atom stereocenters. The molecule has 0 bridgehead atoms. The van der Waals surface area contributed by atoms with Crippen molar-refractivity contribution in [2.24, 2.45) is 0 Å². The van der Waals surface area contributed by atoms with Crippen LogP contribution in [0, 0.1) is 18.6 Å². The molecule has 11 heteroatoms. The molecule has 3 heterocycles. The predicted molar refractivity (Wildman–Crippen MR) is 130 cm³/mol. The van der Waals surface area contributed by atoms with Gasteiger partial charge in [-0.25, -0.2) is 13.6 Å². The van der Waals surface area contributed by atoms with Gasteiger partial charge >= 0.3 is 6.09 Å². The van der Waals surface area contributed by atoms with E-state index in [0.717, 1.165) is 25.0 Å². The number of oxazole rings is 1. The maximum atomic E-state index is 14.8. The van der Waals surface area contributed by atoms with Crippen LogP contribution >= 0.6 is 0 Å². The number of aryl methyl sites for hydroxylation is 1. The number of nitrogens with zero attached hydrogens (tertiary/aromatic N) is 3. The molecule has 0 radical (unpaired) electrons. The van der Waals surface area contributed by atoms with E-state index in [1.165, 1.54) is 0 Å². The second-order valence-electron chi connectivity index (χ2n) is 9.45. The average Bonchev–Trinajstić information content (AvgIpc) is 3.37. The van der Waals surface area contributed by atoms with Gasteiger partial charge < -0.3 is 30.0 Å². The van der Waals surface area contributed by atoms with Crippen molar-refractivity contribution in [1.29, 1.82) is 0 Å². The number of fused-ring (bicyclic) bond motifs is 3. The number of nitrogens with two attached hydrogens (primary N) is 1. The van der Waals surface area contributed by atoms with Crippen molar-refractivity contribution in [3.05, 3.63) is 51.8 Å². The smallest absolute Gasteiger partial charge is 0.404 e. The normalized spacial score (nSPS) is 17.9. The molecular weight excluding hydrogens is 472 g/mol. The highest BCUT2D eigenvalue weighted by Gasteiger charge is 2.32. The van der Waals surface area contributed by atoms with Gasteiger partial charge in [0, 0.05) is 36.1 Å². The lowest BCUT2D eigenvalue weighted by Gasteiger charge is -2.16. The zero-order valence-electron chi connectivity index (χ0n) is 19.3. The van der Waals surface area contributed by atoms with Crippen LogP contribution in [0.1, 0.15) is 30.9 Å². The molecule has 186 valence electrons. The summed E-state index contributed by atoms with van der Waals surface area (Å²) in [5, 5.41) is 12.1. The first-order valence-corrected chi connectivity index (χ1v) is 11.7. The Hall–Kier alpha value is -4.15. The molecule has 2 aromatic carbocycles. The summed E-state index contributed by atoms with van der Waals surface area (Å²) in [7, 11) is 0. The quantitative estimate of drug-likeness (QED) is 0.363. The predicted octanol–water partition coefficient (Wildman–Crippen LogP) is 4.16. The lowest BCUT2D eigenvalue weighted by molar-refractivity contribution is 0.191. The molecule has 2 aliphatic rings. The lowest BCUT2D eigenvalue weighted by atomic mass is 9.96. The van der Waals surface area contributed by atoms with Crippen molar-refractivity contribution in [1.82, 2.24) is 14.9 Å². The van der Waals surface area contributed by atoms with Crippen LogP contribution in [-0.2, 0) is 0 Å². The minimum absolute atomic E-state index is 0.0116. The Morgan fingerprint density at radius 3 is 2.69 bits per heavy atom. The summed E-state index contributed by atoms with van der Waals surface area (Å²) in [6.45, 7) is 2.67. The molecule has 1 aliphatic carbocycles. The molecule has 9 nitrogen and oxygen atoms in total. The zero-order chi connectivity index (χ0) is 25.3. The molecule has 2 aromatic heterocycles. The molecule has 36 heavy (non-hydrogen) atoms. The van der Waals surface area contributed by atoms with Gasteiger partial charge in [0.2, 0.25) is 0 Å². The fourth-order valence-corrected chi connectivity index (χ4v) is 5.15. The van der Waals surface area contributed by atoms with E-state index < -0.39 is 17.7 Å². The minimum Gasteiger partial charge on any atom is -0.465 e. The molecule has 1 saturated carbocycles. The van der Waals surface area contributed by atoms with E-state index in [9.17, 15) is 18.4 Å². The maximum Gasteiger partial charge on any atom is 0.404 e. The SMILES string of the molecule is Cc1c(-c2cc(F)c(N)cc2F)ccc2c3oc(N4CCC(NC(=O)O)C4)nc3c(=O)n(C3CC3)c12. The molecule has 1 amide bonds. The molecular formula is C25H23F2N5O4. The average molecular weight is 495 g/mol. The van der Waals surface area contributed by atoms with Gasteiger partial charge in [-0.05, 0) is 49.4 Å². The number of anilines is 2. The third-order valence-corrected chi connectivity index (χ3v) is 7.03. The fraction of sp³-hybridized carbons (Fsp3) is 0.320. The first-order valence-electron chi connectivity index (χ1n) is 11.7. The Bertz CT molecular complexity index is 1630. The van der Waals surface area contributed by atoms with Gasteiger partial charge in [0.1, 0.15) is 11.6 Å². The van der Waals surface area contributed by atoms with E-state index in [4.69, 9.17) is 15.3 Å². The number of halogens is 2. The van der Waals surface area contributed by atoms with E-state index in [0.29, 0.717) is 47.1 Å². The first kappa shape index (κ1) is 22.3. The number of hydrogen-bond acceptors (Lipinski definition) is 6. The van der Waals surface area contributed by atoms with E-state index in [1.54, 1.807) is 28.5 Å². The molecule has 6 rings (SSSR count). The van der Waals surface area contributed by atoms with Gasteiger partial charge in [-0.3, -0.25) is 4.79 Å². The summed E-state index contributed by atoms with van der Waals surface area (Å²) in [5.74, 6) is -1.37. The Balaban J connectivity index is 1.54. The summed E-state index contributed by atoms with van der Waals surface area (Å²) >= 11 is 0. The molecule has 1 atom stereocenters. The van der Waals surface area contributed by atoms with Gasteiger partial charge in [-0.15, -0.1) is 0 Å². The van der Waals surface area contributed by atoms with E-state index >= 15 is 0 Å². The standard InChI is InChI=1S/C25H23F2N5O4/c1-11-14(16-8-18(27)19(28)9-17(16)26)4-5-15-21(11)32(13-2-3-13)23(33)20-22(15)36-24(30-20)31-7-6-12(10-31)29-25(34)35/h4-5,8-9,12-13,29H,2-3,6-7,10,28H2,1H3,(H,34,35). The van der Waals surface area contributed by atoms with Crippen LogP contribution in [0.25, 0.3) is 33.1 Å². The second-order valence-corrected chi connectivity index (χ2v) is 9.45. The van der Waals surface area contributed by atoms with E-state index in [1.807, 2.05) is 0 Å². The van der Waals surface area contributed by atoms with Crippen LogP contribution in [0.3, 0.4) is 0 Å². The van der Waals surface area contributed by atoms with Crippen LogP contribution < -0.4 is 21.5 Å². The third kappa shape index (κ3) is 3.45. The minimum atomic E-state index is -1.10. The summed E-state index contributed by atoms with van der Waals surface area (Å²) < 4.78 is 36.8. The second kappa shape index (κ2) is 7.94. The summed E-state index contributed by atoms with van der Waals surface area (Å²) in [4.78, 5) is 30.9. The van der Waals surface area contributed by atoms with Gasteiger partial charge in [0.05, 0.1) is 17.2 Å². The fourth-order valence-electron chi connectivity index (χ4n) is 5.15. The maximum absolute atomic E-state index is 14.8. The highest BCUT2D eigenvalue weighted by molar-refractivity contribution is 6.04. The van der Waals surface area contributed by atoms with Crippen molar-refractivity contribution in [3.8, 4) is 11.1 Å². The van der Waals surface area contributed by atoms with Gasteiger partial charge in [-0.1, -0.05) is 6.07 Å². The molecule has 2 fully saturated rings. The Kier molecular flexibility index (Phi) is 4.92. The third-order valence-electron chi connectivity index (χ3n) is 7.03. The lowest BCUT2D eigenvalue weighted by Crippen LogP contribution is -2.36. The van der Waals surface area contributed by atoms with Crippen LogP contribution in [0.5, 0.6) is 0 Å². The monoisotopic (exact) mass is 495 g/mol. The van der Waals surface area contributed by atoms with Crippen molar-refractivity contribution >= 4 is 39.8 Å². The van der Waals surface area contributed by atoms with Crippen molar-refractivity contribution in [2.45, 2.75) is 38.3 Å². The van der Waals surface area contributed by atoms with Crippen molar-refractivity contribution in [2.75, 3.05) is 23.7 Å². The molecule has 0 spiro atoms. The van der Waals surface area contributed by atoms with Gasteiger partial charge in [0.25, 0.3) is 11.6 Å². The summed E-state index contributed by atoms with van der Waals surface area (Å²) in [5.41, 5.74) is 7.17. The van der Waals surface area contributed by atoms with Gasteiger partial charge in [0.15, 0.2) is 11.1 Å². The molecule has 4 aromatic rings. The zero-order valence-corrected chi connectivity index (χ0v) is 19.3. The van der Waals surface area contributed by atoms with Gasteiger partial charge in [-0.2, -0.15) is 4.98 Å². The highest BCUT2D eigenvalue weighted by Crippen LogP contribution is 2.41. The number of carbonyl (C=O) groups is 1. The number of carboxylic acid groups (broad SMARTS) is 1. The van der Waals surface area contributed by atoms with Crippen LogP contribution in [0.15, 0.2) is 33.5 Å². The number of benzene rings is 2. The van der Waals surface area contributed by atoms with Crippen LogP contribution in [-0.4, -0.2) is 39.9 Å². The van der Waals surface area contributed by atoms with E-state index in [2.05, 4.69) is 10.3 Å². The molecule has 4 N–H and O–H groups in total. The summed E-state index contributed by atoms with van der Waals surface area (Å²) in [6, 6.07) is 5.41. The van der Waals surface area contributed by atoms with Crippen molar-refractivity contribution in [3.63, 3.8) is 0 Å². The van der Waals surface area contributed by atoms with Crippen LogP contribution in [0.4, 0.5) is 25.3 Å². The summed E-state index contributed by atoms with van der Waals surface area (Å²) in [6.07, 6.45) is 1.15. The number of nitrogens with one attached hydrogen (secondary N) is 1. The Morgan fingerprint density at radius 1 is 1.19 bits per heavy atom. The number of amides is 1. The van der Waals surface area contributed by atoms with Crippen LogP contribution in [0.2, 0.25) is 0 Å². The van der Waals surface area contributed by atoms with Crippen molar-refractivity contribution < 1.29 is 23.1 Å². The molecule has 1 saturated heterocycles. The number of nitrogen functional groups attached to an aromatic ring is 1. The Labute approximate surface area is 203 Å². The number of pyridine rings is 1. The van der Waals surface area contributed by atoms with E-state index in [-0.39, 0.29) is 40.4 Å². The highest BCUT2D eigenvalue weighted by atomic mass is 19.1. The largest absolute Gasteiger partial charge is 0.465 e.